The summed E-state index contributed by atoms with van der Waals surface area (Å²) < 4.78 is 7.43. The van der Waals surface area contributed by atoms with E-state index in [4.69, 9.17) is 33.7 Å². The van der Waals surface area contributed by atoms with E-state index in [0.29, 0.717) is 24.6 Å². The number of nitrogens with zero attached hydrogens (tertiary/aromatic N) is 3. The molecule has 0 aliphatic rings. The number of nitrogens with one attached hydrogen (secondary N) is 1. The fourth-order valence-electron chi connectivity index (χ4n) is 2.56. The maximum absolute atomic E-state index is 12.6. The number of pyridine rings is 1. The number of rotatable bonds is 6. The summed E-state index contributed by atoms with van der Waals surface area (Å²) in [5, 5.41) is 7.33. The van der Waals surface area contributed by atoms with Crippen molar-refractivity contribution in [3.63, 3.8) is 0 Å². The summed E-state index contributed by atoms with van der Waals surface area (Å²) in [7, 11) is 1.82. The number of halogens is 2. The largest absolute Gasteiger partial charge is 0.492 e. The highest BCUT2D eigenvalue weighted by atomic mass is 35.5. The van der Waals surface area contributed by atoms with Crippen LogP contribution in [-0.2, 0) is 7.05 Å². The monoisotopic (exact) mass is 405 g/mol. The predicted molar refractivity (Wildman–Crippen MR) is 105 cm³/mol. The second-order valence-electron chi connectivity index (χ2n) is 5.62. The fraction of sp³-hybridized carbons (Fsp3) is 0.167. The molecule has 140 valence electrons. The molecule has 9 heteroatoms. The van der Waals surface area contributed by atoms with Gasteiger partial charge in [-0.05, 0) is 24.3 Å². The number of ether oxygens (including phenoxy) is 1. The van der Waals surface area contributed by atoms with E-state index in [1.54, 1.807) is 29.1 Å². The van der Waals surface area contributed by atoms with Crippen molar-refractivity contribution < 1.29 is 9.53 Å². The summed E-state index contributed by atoms with van der Waals surface area (Å²) in [4.78, 5) is 16.5. The molecule has 2 heterocycles. The molecule has 0 saturated carbocycles. The molecule has 3 aromatic rings. The lowest BCUT2D eigenvalue weighted by Gasteiger charge is -2.14. The van der Waals surface area contributed by atoms with Crippen LogP contribution in [0.5, 0.6) is 5.75 Å². The summed E-state index contributed by atoms with van der Waals surface area (Å²) in [5.41, 5.74) is 7.86. The van der Waals surface area contributed by atoms with Crippen molar-refractivity contribution in [3.05, 3.63) is 58.5 Å². The third kappa shape index (κ3) is 4.21. The Morgan fingerprint density at radius 1 is 1.26 bits per heavy atom. The van der Waals surface area contributed by atoms with Crippen LogP contribution in [0.4, 0.5) is 5.69 Å². The van der Waals surface area contributed by atoms with Gasteiger partial charge in [0, 0.05) is 43.4 Å². The number of anilines is 1. The zero-order valence-corrected chi connectivity index (χ0v) is 16.0. The number of aryl methyl sites for hydroxylation is 1. The fourth-order valence-corrected chi connectivity index (χ4v) is 3.10. The van der Waals surface area contributed by atoms with Crippen molar-refractivity contribution >= 4 is 34.8 Å². The van der Waals surface area contributed by atoms with Crippen LogP contribution >= 0.6 is 23.2 Å². The Hall–Kier alpha value is -2.61. The first-order valence-corrected chi connectivity index (χ1v) is 8.82. The smallest absolute Gasteiger partial charge is 0.258 e. The van der Waals surface area contributed by atoms with Crippen molar-refractivity contribution in [1.82, 2.24) is 14.8 Å². The number of carbonyl (C=O) groups excluding carboxylic acids is 1. The average molecular weight is 406 g/mol. The molecular weight excluding hydrogens is 389 g/mol. The molecule has 0 aliphatic heterocycles. The molecule has 0 bridgehead atoms. The molecule has 7 nitrogen and oxygen atoms in total. The van der Waals surface area contributed by atoms with E-state index >= 15 is 0 Å². The minimum atomic E-state index is -0.431. The molecule has 0 spiro atoms. The number of benzene rings is 1. The van der Waals surface area contributed by atoms with E-state index in [2.05, 4.69) is 15.4 Å². The molecule has 0 atom stereocenters. The van der Waals surface area contributed by atoms with Crippen LogP contribution in [0.1, 0.15) is 10.4 Å². The second-order valence-corrected chi connectivity index (χ2v) is 6.43. The minimum absolute atomic E-state index is 0.166. The molecule has 27 heavy (non-hydrogen) atoms. The summed E-state index contributed by atoms with van der Waals surface area (Å²) in [6, 6.07) is 7.15. The molecule has 1 aromatic carbocycles. The number of amides is 1. The van der Waals surface area contributed by atoms with E-state index in [9.17, 15) is 4.79 Å². The SMILES string of the molecule is Cn1nccc1-c1cc(NC(=O)c2c(Cl)cncc2Cl)ccc1OCCN. The summed E-state index contributed by atoms with van der Waals surface area (Å²) in [5.74, 6) is 0.209. The average Bonchev–Trinajstić information content (AvgIpc) is 3.06. The third-order valence-corrected chi connectivity index (χ3v) is 4.36. The Labute approximate surface area is 166 Å². The van der Waals surface area contributed by atoms with E-state index in [1.807, 2.05) is 13.1 Å². The molecule has 1 amide bonds. The van der Waals surface area contributed by atoms with E-state index < -0.39 is 5.91 Å². The summed E-state index contributed by atoms with van der Waals surface area (Å²) in [6.45, 7) is 0.765. The van der Waals surface area contributed by atoms with Crippen LogP contribution in [0, 0.1) is 0 Å². The van der Waals surface area contributed by atoms with Gasteiger partial charge >= 0.3 is 0 Å². The third-order valence-electron chi connectivity index (χ3n) is 3.79. The number of aromatic nitrogens is 3. The van der Waals surface area contributed by atoms with Crippen LogP contribution < -0.4 is 15.8 Å². The molecular formula is C18H17Cl2N5O2. The van der Waals surface area contributed by atoms with Gasteiger partial charge in [0.15, 0.2) is 0 Å². The number of nitrogens with two attached hydrogens (primary N) is 1. The van der Waals surface area contributed by atoms with Gasteiger partial charge in [-0.25, -0.2) is 0 Å². The number of hydrogen-bond acceptors (Lipinski definition) is 5. The van der Waals surface area contributed by atoms with Gasteiger partial charge in [-0.15, -0.1) is 0 Å². The molecule has 0 radical (unpaired) electrons. The van der Waals surface area contributed by atoms with Crippen LogP contribution in [0.3, 0.4) is 0 Å². The van der Waals surface area contributed by atoms with Gasteiger partial charge in [-0.2, -0.15) is 5.10 Å². The van der Waals surface area contributed by atoms with Gasteiger partial charge < -0.3 is 15.8 Å². The van der Waals surface area contributed by atoms with Gasteiger partial charge in [0.25, 0.3) is 5.91 Å². The van der Waals surface area contributed by atoms with E-state index in [0.717, 1.165) is 11.3 Å². The highest BCUT2D eigenvalue weighted by Gasteiger charge is 2.17. The molecule has 2 aromatic heterocycles. The Morgan fingerprint density at radius 2 is 2.00 bits per heavy atom. The first-order valence-electron chi connectivity index (χ1n) is 8.07. The summed E-state index contributed by atoms with van der Waals surface area (Å²) >= 11 is 12.1. The maximum atomic E-state index is 12.6. The van der Waals surface area contributed by atoms with Crippen molar-refractivity contribution in [3.8, 4) is 17.0 Å². The normalized spacial score (nSPS) is 10.7. The Bertz CT molecular complexity index is 954. The number of hydrogen-bond donors (Lipinski definition) is 2. The zero-order valence-electron chi connectivity index (χ0n) is 14.4. The van der Waals surface area contributed by atoms with E-state index in [-0.39, 0.29) is 15.6 Å². The van der Waals surface area contributed by atoms with E-state index in [1.165, 1.54) is 12.4 Å². The lowest BCUT2D eigenvalue weighted by atomic mass is 10.1. The first-order chi connectivity index (χ1) is 13.0. The highest BCUT2D eigenvalue weighted by Crippen LogP contribution is 2.33. The van der Waals surface area contributed by atoms with Crippen molar-refractivity contribution in [2.75, 3.05) is 18.5 Å². The quantitative estimate of drug-likeness (QED) is 0.655. The molecule has 3 rings (SSSR count). The van der Waals surface area contributed by atoms with Crippen molar-refractivity contribution in [2.45, 2.75) is 0 Å². The Morgan fingerprint density at radius 3 is 2.63 bits per heavy atom. The summed E-state index contributed by atoms with van der Waals surface area (Å²) in [6.07, 6.45) is 4.42. The standard InChI is InChI=1S/C18H17Cl2N5O2/c1-25-15(4-6-23-25)12-8-11(2-3-16(12)27-7-5-21)24-18(26)17-13(19)9-22-10-14(17)20/h2-4,6,8-10H,5,7,21H2,1H3,(H,24,26). The maximum Gasteiger partial charge on any atom is 0.258 e. The topological polar surface area (TPSA) is 95.1 Å². The molecule has 0 saturated heterocycles. The zero-order chi connectivity index (χ0) is 19.4. The van der Waals surface area contributed by atoms with Gasteiger partial charge in [-0.1, -0.05) is 23.2 Å². The van der Waals surface area contributed by atoms with Crippen LogP contribution in [0.15, 0.2) is 42.9 Å². The molecule has 0 aliphatic carbocycles. The van der Waals surface area contributed by atoms with Crippen LogP contribution in [0.2, 0.25) is 10.0 Å². The van der Waals surface area contributed by atoms with Gasteiger partial charge in [-0.3, -0.25) is 14.5 Å². The van der Waals surface area contributed by atoms with Gasteiger partial charge in [0.05, 0.1) is 21.3 Å². The predicted octanol–water partition coefficient (Wildman–Crippen LogP) is 3.38. The van der Waals surface area contributed by atoms with Crippen molar-refractivity contribution in [1.29, 1.82) is 0 Å². The molecule has 0 fully saturated rings. The second kappa shape index (κ2) is 8.39. The Balaban J connectivity index is 1.95. The lowest BCUT2D eigenvalue weighted by molar-refractivity contribution is 0.102. The van der Waals surface area contributed by atoms with Crippen molar-refractivity contribution in [2.24, 2.45) is 12.8 Å². The minimum Gasteiger partial charge on any atom is -0.492 e. The Kier molecular flexibility index (Phi) is 5.95. The molecule has 0 unspecified atom stereocenters. The van der Waals surface area contributed by atoms with Gasteiger partial charge in [0.1, 0.15) is 12.4 Å². The molecule has 3 N–H and O–H groups in total. The highest BCUT2D eigenvalue weighted by molar-refractivity contribution is 6.40. The van der Waals surface area contributed by atoms with Crippen LogP contribution in [-0.4, -0.2) is 33.8 Å². The van der Waals surface area contributed by atoms with Crippen LogP contribution in [0.25, 0.3) is 11.3 Å². The lowest BCUT2D eigenvalue weighted by Crippen LogP contribution is -2.14. The number of carbonyl (C=O) groups is 1. The first kappa shape index (κ1) is 19.2. The van der Waals surface area contributed by atoms with Gasteiger partial charge in [0.2, 0.25) is 0 Å².